The molecule has 0 saturated heterocycles. The van der Waals surface area contributed by atoms with Gasteiger partial charge in [-0.1, -0.05) is 13.0 Å². The van der Waals surface area contributed by atoms with Crippen LogP contribution in [0.4, 0.5) is 14.5 Å². The largest absolute Gasteiger partial charge is 0.374 e. The summed E-state index contributed by atoms with van der Waals surface area (Å²) in [5.41, 5.74) is 4.14. The first kappa shape index (κ1) is 24.0. The van der Waals surface area contributed by atoms with Gasteiger partial charge in [0, 0.05) is 12.2 Å². The van der Waals surface area contributed by atoms with Crippen molar-refractivity contribution in [1.29, 1.82) is 0 Å². The number of halogens is 2. The zero-order chi connectivity index (χ0) is 22.3. The molecule has 0 fully saturated rings. The predicted octanol–water partition coefficient (Wildman–Crippen LogP) is 4.55. The standard InChI is InChI=1S/C23H33F2N3O2/c1-14-11-19(12-15(2)22(14)25)27-21(23(29)28-30)7-5-6-10-26-13-18-8-9-20(24)17(4)16(18)3/h8-9,11-12,16,18,21,26-27,30H,5-7,10,13H2,1-4H3,(H,28,29)/t16?,18?,21-/m1/s1. The van der Waals surface area contributed by atoms with Gasteiger partial charge in [0.15, 0.2) is 0 Å². The Bertz CT molecular complexity index is 785. The van der Waals surface area contributed by atoms with Crippen molar-refractivity contribution in [2.75, 3.05) is 18.4 Å². The van der Waals surface area contributed by atoms with E-state index in [0.717, 1.165) is 31.5 Å². The summed E-state index contributed by atoms with van der Waals surface area (Å²) in [5, 5.41) is 15.5. The quantitative estimate of drug-likeness (QED) is 0.254. The van der Waals surface area contributed by atoms with Crippen LogP contribution in [-0.2, 0) is 4.79 Å². The van der Waals surface area contributed by atoms with Gasteiger partial charge in [0.05, 0.1) is 0 Å². The van der Waals surface area contributed by atoms with E-state index in [1.807, 2.05) is 19.9 Å². The second-order valence-electron chi connectivity index (χ2n) is 8.14. The van der Waals surface area contributed by atoms with Crippen molar-refractivity contribution in [2.24, 2.45) is 11.8 Å². The van der Waals surface area contributed by atoms with Crippen LogP contribution < -0.4 is 16.1 Å². The summed E-state index contributed by atoms with van der Waals surface area (Å²) < 4.78 is 27.4. The molecule has 5 nitrogen and oxygen atoms in total. The van der Waals surface area contributed by atoms with Crippen LogP contribution in [0.2, 0.25) is 0 Å². The Morgan fingerprint density at radius 2 is 1.83 bits per heavy atom. The molecule has 166 valence electrons. The molecule has 3 atom stereocenters. The Morgan fingerprint density at radius 1 is 1.17 bits per heavy atom. The van der Waals surface area contributed by atoms with Gasteiger partial charge in [-0.3, -0.25) is 10.0 Å². The Morgan fingerprint density at radius 3 is 2.47 bits per heavy atom. The van der Waals surface area contributed by atoms with Gasteiger partial charge in [-0.25, -0.2) is 14.3 Å². The normalized spacial score (nSPS) is 19.7. The molecular weight excluding hydrogens is 388 g/mol. The van der Waals surface area contributed by atoms with Gasteiger partial charge in [0.1, 0.15) is 17.7 Å². The number of hydrogen-bond acceptors (Lipinski definition) is 4. The van der Waals surface area contributed by atoms with Crippen LogP contribution >= 0.6 is 0 Å². The molecule has 0 heterocycles. The number of allylic oxidation sites excluding steroid dienone is 3. The van der Waals surface area contributed by atoms with E-state index in [-0.39, 0.29) is 23.5 Å². The third kappa shape index (κ3) is 6.37. The average molecular weight is 422 g/mol. The summed E-state index contributed by atoms with van der Waals surface area (Å²) in [4.78, 5) is 12.0. The van der Waals surface area contributed by atoms with Crippen LogP contribution in [0.5, 0.6) is 0 Å². The lowest BCUT2D eigenvalue weighted by Crippen LogP contribution is -2.38. The Kier molecular flexibility index (Phi) is 8.99. The molecule has 7 heteroatoms. The fourth-order valence-electron chi connectivity index (χ4n) is 3.73. The van der Waals surface area contributed by atoms with E-state index >= 15 is 0 Å². The molecule has 2 rings (SSSR count). The maximum Gasteiger partial charge on any atom is 0.265 e. The highest BCUT2D eigenvalue weighted by atomic mass is 19.1. The minimum atomic E-state index is -0.615. The van der Waals surface area contributed by atoms with Crippen molar-refractivity contribution in [3.63, 3.8) is 0 Å². The number of amides is 1. The number of rotatable bonds is 10. The summed E-state index contributed by atoms with van der Waals surface area (Å²) in [7, 11) is 0. The molecule has 0 aliphatic heterocycles. The lowest BCUT2D eigenvalue weighted by molar-refractivity contribution is -0.130. The van der Waals surface area contributed by atoms with Crippen LogP contribution in [0, 0.1) is 31.5 Å². The smallest absolute Gasteiger partial charge is 0.265 e. The fourth-order valence-corrected chi connectivity index (χ4v) is 3.73. The number of benzene rings is 1. The molecule has 1 amide bonds. The highest BCUT2D eigenvalue weighted by molar-refractivity contribution is 5.83. The van der Waals surface area contributed by atoms with Crippen LogP contribution in [0.25, 0.3) is 0 Å². The monoisotopic (exact) mass is 421 g/mol. The van der Waals surface area contributed by atoms with E-state index in [9.17, 15) is 13.6 Å². The lowest BCUT2D eigenvalue weighted by Gasteiger charge is -2.25. The second kappa shape index (κ2) is 11.2. The first-order valence-corrected chi connectivity index (χ1v) is 10.5. The molecule has 0 bridgehead atoms. The van der Waals surface area contributed by atoms with Crippen molar-refractivity contribution < 1.29 is 18.8 Å². The van der Waals surface area contributed by atoms with Crippen LogP contribution in [0.15, 0.2) is 35.7 Å². The predicted molar refractivity (Wildman–Crippen MR) is 116 cm³/mol. The van der Waals surface area contributed by atoms with Crippen molar-refractivity contribution in [2.45, 2.75) is 53.0 Å². The summed E-state index contributed by atoms with van der Waals surface area (Å²) >= 11 is 0. The zero-order valence-corrected chi connectivity index (χ0v) is 18.2. The van der Waals surface area contributed by atoms with Crippen LogP contribution in [0.3, 0.4) is 0 Å². The SMILES string of the molecule is CC1=C(F)C=CC(CNCCCC[C@@H](Nc2cc(C)c(F)c(C)c2)C(=O)NO)C1C. The van der Waals surface area contributed by atoms with Crippen molar-refractivity contribution >= 4 is 11.6 Å². The maximum atomic E-state index is 13.8. The topological polar surface area (TPSA) is 73.4 Å². The van der Waals surface area contributed by atoms with E-state index in [0.29, 0.717) is 23.2 Å². The number of carbonyl (C=O) groups excluding carboxylic acids is 1. The molecule has 2 unspecified atom stereocenters. The molecule has 0 radical (unpaired) electrons. The van der Waals surface area contributed by atoms with E-state index < -0.39 is 11.9 Å². The molecule has 1 aliphatic rings. The van der Waals surface area contributed by atoms with Gasteiger partial charge < -0.3 is 10.6 Å². The summed E-state index contributed by atoms with van der Waals surface area (Å²) in [6.45, 7) is 8.77. The highest BCUT2D eigenvalue weighted by Crippen LogP contribution is 2.29. The molecule has 1 aromatic carbocycles. The number of anilines is 1. The third-order valence-corrected chi connectivity index (χ3v) is 5.87. The van der Waals surface area contributed by atoms with Gasteiger partial charge in [0.25, 0.3) is 5.91 Å². The van der Waals surface area contributed by atoms with Gasteiger partial charge in [-0.2, -0.15) is 0 Å². The van der Waals surface area contributed by atoms with Gasteiger partial charge in [0.2, 0.25) is 0 Å². The fraction of sp³-hybridized carbons (Fsp3) is 0.522. The van der Waals surface area contributed by atoms with E-state index in [4.69, 9.17) is 5.21 Å². The molecule has 0 saturated carbocycles. The Balaban J connectivity index is 1.78. The number of hydroxylamine groups is 1. The zero-order valence-electron chi connectivity index (χ0n) is 18.2. The van der Waals surface area contributed by atoms with Gasteiger partial charge >= 0.3 is 0 Å². The van der Waals surface area contributed by atoms with E-state index in [2.05, 4.69) is 10.6 Å². The second-order valence-corrected chi connectivity index (χ2v) is 8.14. The van der Waals surface area contributed by atoms with Crippen molar-refractivity contribution in [3.8, 4) is 0 Å². The van der Waals surface area contributed by atoms with Crippen LogP contribution in [0.1, 0.15) is 44.2 Å². The number of unbranched alkanes of at least 4 members (excludes halogenated alkanes) is 1. The summed E-state index contributed by atoms with van der Waals surface area (Å²) in [6, 6.07) is 2.69. The number of aryl methyl sites for hydroxylation is 2. The van der Waals surface area contributed by atoms with Crippen molar-refractivity contribution in [3.05, 3.63) is 52.6 Å². The minimum absolute atomic E-state index is 0.133. The summed E-state index contributed by atoms with van der Waals surface area (Å²) in [5.74, 6) is -0.472. The Hall–Kier alpha value is -2.25. The lowest BCUT2D eigenvalue weighted by atomic mass is 9.84. The minimum Gasteiger partial charge on any atom is -0.374 e. The molecule has 1 aromatic rings. The Labute approximate surface area is 177 Å². The molecular formula is C23H33F2N3O2. The van der Waals surface area contributed by atoms with E-state index in [1.165, 1.54) is 0 Å². The molecule has 4 N–H and O–H groups in total. The van der Waals surface area contributed by atoms with E-state index in [1.54, 1.807) is 37.5 Å². The molecule has 0 aromatic heterocycles. The van der Waals surface area contributed by atoms with Crippen molar-refractivity contribution in [1.82, 2.24) is 10.8 Å². The van der Waals surface area contributed by atoms with Gasteiger partial charge in [-0.05, 0) is 93.3 Å². The molecule has 0 spiro atoms. The van der Waals surface area contributed by atoms with Gasteiger partial charge in [-0.15, -0.1) is 0 Å². The summed E-state index contributed by atoms with van der Waals surface area (Å²) in [6.07, 6.45) is 5.60. The number of hydrogen-bond donors (Lipinski definition) is 4. The number of carbonyl (C=O) groups is 1. The average Bonchev–Trinajstić information content (AvgIpc) is 2.72. The molecule has 30 heavy (non-hydrogen) atoms. The first-order valence-electron chi connectivity index (χ1n) is 10.5. The highest BCUT2D eigenvalue weighted by Gasteiger charge is 2.22. The maximum absolute atomic E-state index is 13.8. The number of nitrogens with one attached hydrogen (secondary N) is 3. The van der Waals surface area contributed by atoms with Crippen LogP contribution in [-0.4, -0.2) is 30.2 Å². The molecule has 1 aliphatic carbocycles. The third-order valence-electron chi connectivity index (χ3n) is 5.87. The first-order chi connectivity index (χ1) is 14.2.